The maximum atomic E-state index is 3.66. The lowest BCUT2D eigenvalue weighted by Gasteiger charge is -2.37. The van der Waals surface area contributed by atoms with Crippen molar-refractivity contribution in [3.05, 3.63) is 69.8 Å². The van der Waals surface area contributed by atoms with E-state index in [1.165, 1.54) is 46.7 Å². The molecule has 0 spiro atoms. The van der Waals surface area contributed by atoms with Gasteiger partial charge in [-0.1, -0.05) is 46.3 Å². The zero-order valence-corrected chi connectivity index (χ0v) is 15.3. The molecule has 0 saturated carbocycles. The van der Waals surface area contributed by atoms with E-state index in [1.807, 2.05) is 0 Å². The van der Waals surface area contributed by atoms with Gasteiger partial charge in [0.1, 0.15) is 12.6 Å². The molecule has 0 bridgehead atoms. The van der Waals surface area contributed by atoms with E-state index in [4.69, 9.17) is 0 Å². The second kappa shape index (κ2) is 5.75. The minimum atomic E-state index is 0.661. The van der Waals surface area contributed by atoms with Crippen LogP contribution in [0.2, 0.25) is 0 Å². The minimum Gasteiger partial charge on any atom is -0.334 e. The van der Waals surface area contributed by atoms with Crippen LogP contribution < -0.4 is 4.90 Å². The second-order valence-corrected chi connectivity index (χ2v) is 8.11. The molecule has 2 aromatic carbocycles. The summed E-state index contributed by atoms with van der Waals surface area (Å²) >= 11 is 3.66. The Bertz CT molecular complexity index is 897. The Kier molecular flexibility index (Phi) is 3.53. The van der Waals surface area contributed by atoms with E-state index in [0.717, 1.165) is 13.1 Å². The highest BCUT2D eigenvalue weighted by Crippen LogP contribution is 2.38. The molecule has 2 atom stereocenters. The smallest absolute Gasteiger partial charge is 0.129 e. The molecular formula is C21H22BrN2+. The maximum absolute atomic E-state index is 3.66. The highest BCUT2D eigenvalue weighted by molar-refractivity contribution is 9.10. The lowest BCUT2D eigenvalue weighted by Crippen LogP contribution is -3.12. The van der Waals surface area contributed by atoms with E-state index < -0.39 is 0 Å². The summed E-state index contributed by atoms with van der Waals surface area (Å²) in [7, 11) is 0. The molecule has 3 aromatic rings. The number of aromatic nitrogens is 1. The van der Waals surface area contributed by atoms with E-state index in [0.29, 0.717) is 6.04 Å². The van der Waals surface area contributed by atoms with Gasteiger partial charge < -0.3 is 9.47 Å². The van der Waals surface area contributed by atoms with Gasteiger partial charge in [-0.05, 0) is 36.6 Å². The summed E-state index contributed by atoms with van der Waals surface area (Å²) < 4.78 is 3.82. The number of rotatable bonds is 2. The van der Waals surface area contributed by atoms with Crippen molar-refractivity contribution < 1.29 is 4.90 Å². The number of nitrogens with zero attached hydrogens (tertiary/aromatic N) is 1. The Morgan fingerprint density at radius 2 is 2.00 bits per heavy atom. The number of benzene rings is 2. The van der Waals surface area contributed by atoms with Crippen molar-refractivity contribution in [3.8, 4) is 0 Å². The van der Waals surface area contributed by atoms with Crippen LogP contribution in [0.25, 0.3) is 10.9 Å². The summed E-state index contributed by atoms with van der Waals surface area (Å²) in [6, 6.07) is 18.5. The molecule has 122 valence electrons. The molecule has 2 heterocycles. The Hall–Kier alpha value is -1.58. The number of halogens is 1. The van der Waals surface area contributed by atoms with Crippen molar-refractivity contribution >= 4 is 26.8 Å². The third kappa shape index (κ3) is 2.26. The van der Waals surface area contributed by atoms with Gasteiger partial charge in [-0.15, -0.1) is 0 Å². The number of nitrogens with one attached hydrogen (secondary N) is 1. The van der Waals surface area contributed by atoms with E-state index in [1.54, 1.807) is 16.2 Å². The maximum Gasteiger partial charge on any atom is 0.129 e. The number of quaternary nitrogens is 1. The fourth-order valence-electron chi connectivity index (χ4n) is 4.83. The largest absolute Gasteiger partial charge is 0.334 e. The molecule has 0 radical (unpaired) electrons. The molecule has 0 fully saturated rings. The van der Waals surface area contributed by atoms with Crippen LogP contribution in [0, 0.1) is 0 Å². The molecule has 2 nitrogen and oxygen atoms in total. The third-order valence-electron chi connectivity index (χ3n) is 5.85. The summed E-state index contributed by atoms with van der Waals surface area (Å²) in [4.78, 5) is 1.75. The van der Waals surface area contributed by atoms with E-state index in [9.17, 15) is 0 Å². The van der Waals surface area contributed by atoms with Crippen LogP contribution in [-0.4, -0.2) is 11.1 Å². The van der Waals surface area contributed by atoms with Gasteiger partial charge in [0.15, 0.2) is 0 Å². The summed E-state index contributed by atoms with van der Waals surface area (Å²) in [5.41, 5.74) is 6.15. The Labute approximate surface area is 151 Å². The van der Waals surface area contributed by atoms with Crippen LogP contribution in [-0.2, 0) is 19.5 Å². The van der Waals surface area contributed by atoms with Crippen LogP contribution in [0.15, 0.2) is 53.0 Å². The molecule has 0 amide bonds. The normalized spacial score (nSPS) is 22.5. The summed E-state index contributed by atoms with van der Waals surface area (Å²) in [5.74, 6) is 0. The van der Waals surface area contributed by atoms with Gasteiger partial charge in [0.25, 0.3) is 0 Å². The fourth-order valence-corrected chi connectivity index (χ4v) is 5.20. The summed E-state index contributed by atoms with van der Waals surface area (Å²) in [6.07, 6.45) is 3.89. The zero-order chi connectivity index (χ0) is 16.1. The first-order valence-corrected chi connectivity index (χ1v) is 9.79. The van der Waals surface area contributed by atoms with Gasteiger partial charge in [-0.3, -0.25) is 0 Å². The lowest BCUT2D eigenvalue weighted by atomic mass is 9.89. The Balaban J connectivity index is 1.60. The standard InChI is InChI=1S/C21H21BrN2/c22-16-9-10-19-18(13-16)17-7-4-8-20-21(17)24(19)12-11-23(20)14-15-5-2-1-3-6-15/h1-3,5-6,9-10,13,20H,4,7-8,11-12,14H2/p+1/t20-/m1/s1. The van der Waals surface area contributed by atoms with Crippen LogP contribution in [0.3, 0.4) is 0 Å². The first-order chi connectivity index (χ1) is 11.8. The number of hydrogen-bond acceptors (Lipinski definition) is 0. The lowest BCUT2D eigenvalue weighted by molar-refractivity contribution is -0.950. The van der Waals surface area contributed by atoms with Gasteiger partial charge in [0.2, 0.25) is 0 Å². The molecule has 5 rings (SSSR count). The van der Waals surface area contributed by atoms with E-state index >= 15 is 0 Å². The molecule has 3 heteroatoms. The quantitative estimate of drug-likeness (QED) is 0.689. The summed E-state index contributed by atoms with van der Waals surface area (Å²) in [5, 5.41) is 1.48. The van der Waals surface area contributed by atoms with Gasteiger partial charge in [0.05, 0.1) is 18.8 Å². The molecule has 1 N–H and O–H groups in total. The Morgan fingerprint density at radius 3 is 2.88 bits per heavy atom. The molecule has 24 heavy (non-hydrogen) atoms. The van der Waals surface area contributed by atoms with Crippen LogP contribution in [0.1, 0.15) is 35.7 Å². The monoisotopic (exact) mass is 381 g/mol. The minimum absolute atomic E-state index is 0.661. The predicted octanol–water partition coefficient (Wildman–Crippen LogP) is 3.88. The topological polar surface area (TPSA) is 9.37 Å². The average molecular weight is 382 g/mol. The molecule has 1 aliphatic heterocycles. The number of hydrogen-bond donors (Lipinski definition) is 1. The third-order valence-corrected chi connectivity index (χ3v) is 6.34. The van der Waals surface area contributed by atoms with Gasteiger partial charge in [-0.2, -0.15) is 0 Å². The van der Waals surface area contributed by atoms with Gasteiger partial charge in [-0.25, -0.2) is 0 Å². The molecular weight excluding hydrogens is 360 g/mol. The first-order valence-electron chi connectivity index (χ1n) is 9.00. The van der Waals surface area contributed by atoms with Crippen molar-refractivity contribution in [1.82, 2.24) is 4.57 Å². The highest BCUT2D eigenvalue weighted by atomic mass is 79.9. The van der Waals surface area contributed by atoms with E-state index in [2.05, 4.69) is 69.0 Å². The van der Waals surface area contributed by atoms with Crippen molar-refractivity contribution in [2.24, 2.45) is 0 Å². The summed E-state index contributed by atoms with van der Waals surface area (Å²) in [6.45, 7) is 3.52. The molecule has 1 unspecified atom stereocenters. The van der Waals surface area contributed by atoms with Crippen LogP contribution in [0.4, 0.5) is 0 Å². The van der Waals surface area contributed by atoms with Gasteiger partial charge in [0, 0.05) is 27.4 Å². The fraction of sp³-hybridized carbons (Fsp3) is 0.333. The van der Waals surface area contributed by atoms with Crippen molar-refractivity contribution in [2.45, 2.75) is 38.4 Å². The number of fused-ring (bicyclic) bond motifs is 3. The molecule has 1 aliphatic carbocycles. The van der Waals surface area contributed by atoms with Crippen molar-refractivity contribution in [3.63, 3.8) is 0 Å². The first kappa shape index (κ1) is 14.7. The van der Waals surface area contributed by atoms with Crippen LogP contribution >= 0.6 is 15.9 Å². The second-order valence-electron chi connectivity index (χ2n) is 7.19. The molecule has 1 aromatic heterocycles. The number of aryl methyl sites for hydroxylation is 1. The van der Waals surface area contributed by atoms with Gasteiger partial charge >= 0.3 is 0 Å². The molecule has 2 aliphatic rings. The average Bonchev–Trinajstić information content (AvgIpc) is 2.93. The zero-order valence-electron chi connectivity index (χ0n) is 13.8. The van der Waals surface area contributed by atoms with E-state index in [-0.39, 0.29) is 0 Å². The highest BCUT2D eigenvalue weighted by Gasteiger charge is 2.37. The SMILES string of the molecule is Brc1ccc2c(c1)c1c3n2CC[NH+](Cc2ccccc2)[C@@H]3CCC1. The Morgan fingerprint density at radius 1 is 1.12 bits per heavy atom. The predicted molar refractivity (Wildman–Crippen MR) is 101 cm³/mol. The van der Waals surface area contributed by atoms with Crippen LogP contribution in [0.5, 0.6) is 0 Å². The van der Waals surface area contributed by atoms with Crippen molar-refractivity contribution in [2.75, 3.05) is 6.54 Å². The molecule has 0 saturated heterocycles. The van der Waals surface area contributed by atoms with Crippen molar-refractivity contribution in [1.29, 1.82) is 0 Å².